The van der Waals surface area contributed by atoms with Crippen molar-refractivity contribution in [3.05, 3.63) is 66.2 Å². The highest BCUT2D eigenvalue weighted by Gasteiger charge is 2.43. The molecule has 31 heavy (non-hydrogen) atoms. The number of carbonyl (C=O) groups is 3. The number of benzene rings is 2. The predicted molar refractivity (Wildman–Crippen MR) is 114 cm³/mol. The Morgan fingerprint density at radius 1 is 1.03 bits per heavy atom. The fraction of sp³-hybridized carbons (Fsp3) is 0.348. The van der Waals surface area contributed by atoms with E-state index in [0.29, 0.717) is 5.75 Å². The van der Waals surface area contributed by atoms with E-state index in [2.05, 4.69) is 16.0 Å². The molecule has 1 saturated heterocycles. The third kappa shape index (κ3) is 6.47. The third-order valence-electron chi connectivity index (χ3n) is 4.46. The van der Waals surface area contributed by atoms with Crippen LogP contribution < -0.4 is 20.7 Å². The van der Waals surface area contributed by atoms with E-state index in [1.165, 1.54) is 0 Å². The highest BCUT2D eigenvalue weighted by Crippen LogP contribution is 2.16. The molecule has 0 aliphatic carbocycles. The van der Waals surface area contributed by atoms with Crippen molar-refractivity contribution in [1.29, 1.82) is 0 Å². The summed E-state index contributed by atoms with van der Waals surface area (Å²) in [5.74, 6) is -0.291. The first-order valence-corrected chi connectivity index (χ1v) is 10.1. The van der Waals surface area contributed by atoms with Crippen molar-refractivity contribution in [2.75, 3.05) is 0 Å². The van der Waals surface area contributed by atoms with Gasteiger partial charge in [0.1, 0.15) is 17.4 Å². The molecule has 0 saturated carbocycles. The highest BCUT2D eigenvalue weighted by molar-refractivity contribution is 5.95. The maximum Gasteiger partial charge on any atom is 0.408 e. The maximum atomic E-state index is 13.0. The first kappa shape index (κ1) is 22.1. The monoisotopic (exact) mass is 425 g/mol. The first-order valence-electron chi connectivity index (χ1n) is 10.1. The van der Waals surface area contributed by atoms with Crippen LogP contribution in [0.2, 0.25) is 0 Å². The van der Waals surface area contributed by atoms with Gasteiger partial charge in [-0.3, -0.25) is 9.59 Å². The van der Waals surface area contributed by atoms with Gasteiger partial charge in [-0.2, -0.15) is 0 Å². The fourth-order valence-electron chi connectivity index (χ4n) is 3.00. The van der Waals surface area contributed by atoms with Crippen LogP contribution >= 0.6 is 0 Å². The Balaban J connectivity index is 1.67. The summed E-state index contributed by atoms with van der Waals surface area (Å²) in [4.78, 5) is 37.3. The van der Waals surface area contributed by atoms with Gasteiger partial charge in [-0.15, -0.1) is 0 Å². The standard InChI is InChI=1S/C23H27N3O5/c1-23(2,3)31-22(29)24-17(14-15-10-6-4-7-11-15)19(27)25-18-20(28)26-21(18)30-16-12-8-5-9-13-16/h4-13,17-18,21H,14H2,1-3H3,(H,24,29)(H,25,27)(H,26,28)/t17-,18+,21-/m0/s1. The van der Waals surface area contributed by atoms with Gasteiger partial charge in [-0.05, 0) is 38.5 Å². The first-order chi connectivity index (χ1) is 14.7. The Kier molecular flexibility index (Phi) is 6.79. The molecule has 0 aromatic heterocycles. The molecule has 3 N–H and O–H groups in total. The van der Waals surface area contributed by atoms with Crippen LogP contribution in [0.3, 0.4) is 0 Å². The molecule has 8 nitrogen and oxygen atoms in total. The molecule has 0 bridgehead atoms. The van der Waals surface area contributed by atoms with Gasteiger partial charge in [-0.25, -0.2) is 4.79 Å². The number of para-hydroxylation sites is 1. The molecule has 1 aliphatic heterocycles. The summed E-state index contributed by atoms with van der Waals surface area (Å²) in [7, 11) is 0. The SMILES string of the molecule is CC(C)(C)OC(=O)N[C@@H](Cc1ccccc1)C(=O)N[C@@H]1C(=O)N[C@H]1Oc1ccccc1. The number of β-lactam (4-membered cyclic amide) rings is 1. The van der Waals surface area contributed by atoms with E-state index in [4.69, 9.17) is 9.47 Å². The molecule has 3 atom stereocenters. The van der Waals surface area contributed by atoms with E-state index >= 15 is 0 Å². The molecule has 3 rings (SSSR count). The van der Waals surface area contributed by atoms with Gasteiger partial charge in [0, 0.05) is 6.42 Å². The Morgan fingerprint density at radius 3 is 2.23 bits per heavy atom. The number of hydrogen-bond acceptors (Lipinski definition) is 5. The molecule has 3 amide bonds. The predicted octanol–water partition coefficient (Wildman–Crippen LogP) is 2.14. The lowest BCUT2D eigenvalue weighted by Gasteiger charge is -2.37. The summed E-state index contributed by atoms with van der Waals surface area (Å²) >= 11 is 0. The van der Waals surface area contributed by atoms with Crippen LogP contribution in [0, 0.1) is 0 Å². The van der Waals surface area contributed by atoms with Crippen LogP contribution in [-0.2, 0) is 20.7 Å². The summed E-state index contributed by atoms with van der Waals surface area (Å²) in [6.45, 7) is 5.22. The zero-order chi connectivity index (χ0) is 22.4. The van der Waals surface area contributed by atoms with Crippen LogP contribution in [0.1, 0.15) is 26.3 Å². The van der Waals surface area contributed by atoms with E-state index in [-0.39, 0.29) is 12.3 Å². The number of alkyl carbamates (subject to hydrolysis) is 1. The number of hydrogen-bond donors (Lipinski definition) is 3. The maximum absolute atomic E-state index is 13.0. The van der Waals surface area contributed by atoms with E-state index < -0.39 is 35.9 Å². The second-order valence-corrected chi connectivity index (χ2v) is 8.23. The minimum Gasteiger partial charge on any atom is -0.468 e. The minimum atomic E-state index is -0.928. The van der Waals surface area contributed by atoms with Gasteiger partial charge >= 0.3 is 6.09 Å². The Labute approximate surface area is 181 Å². The zero-order valence-corrected chi connectivity index (χ0v) is 17.8. The van der Waals surface area contributed by atoms with Gasteiger partial charge in [0.2, 0.25) is 12.1 Å². The normalized spacial score (nSPS) is 18.7. The molecule has 1 heterocycles. The van der Waals surface area contributed by atoms with Crippen molar-refractivity contribution in [1.82, 2.24) is 16.0 Å². The van der Waals surface area contributed by atoms with Crippen molar-refractivity contribution in [2.45, 2.75) is 51.1 Å². The van der Waals surface area contributed by atoms with Gasteiger partial charge in [-0.1, -0.05) is 48.5 Å². The Morgan fingerprint density at radius 2 is 1.65 bits per heavy atom. The van der Waals surface area contributed by atoms with Crippen LogP contribution in [0.5, 0.6) is 5.75 Å². The number of carbonyl (C=O) groups excluding carboxylic acids is 3. The van der Waals surface area contributed by atoms with E-state index in [9.17, 15) is 14.4 Å². The van der Waals surface area contributed by atoms with Gasteiger partial charge in [0.05, 0.1) is 0 Å². The van der Waals surface area contributed by atoms with Crippen molar-refractivity contribution in [2.24, 2.45) is 0 Å². The number of ether oxygens (including phenoxy) is 2. The second kappa shape index (κ2) is 9.51. The van der Waals surface area contributed by atoms with Crippen molar-refractivity contribution in [3.63, 3.8) is 0 Å². The van der Waals surface area contributed by atoms with Gasteiger partial charge in [0.25, 0.3) is 5.91 Å². The third-order valence-corrected chi connectivity index (χ3v) is 4.46. The molecule has 164 valence electrons. The lowest BCUT2D eigenvalue weighted by molar-refractivity contribution is -0.143. The lowest BCUT2D eigenvalue weighted by Crippen LogP contribution is -2.72. The molecule has 0 unspecified atom stereocenters. The Hall–Kier alpha value is -3.55. The molecule has 2 aromatic carbocycles. The molecule has 2 aromatic rings. The summed E-state index contributed by atoms with van der Waals surface area (Å²) in [6.07, 6.45) is -1.17. The molecule has 8 heteroatoms. The summed E-state index contributed by atoms with van der Waals surface area (Å²) in [6, 6.07) is 16.5. The molecule has 0 spiro atoms. The topological polar surface area (TPSA) is 106 Å². The quantitative estimate of drug-likeness (QED) is 0.590. The van der Waals surface area contributed by atoms with Crippen molar-refractivity contribution < 1.29 is 23.9 Å². The largest absolute Gasteiger partial charge is 0.468 e. The number of nitrogens with one attached hydrogen (secondary N) is 3. The van der Waals surface area contributed by atoms with E-state index in [1.807, 2.05) is 48.5 Å². The minimum absolute atomic E-state index is 0.241. The summed E-state index contributed by atoms with van der Waals surface area (Å²) in [5.41, 5.74) is 0.147. The van der Waals surface area contributed by atoms with Gasteiger partial charge < -0.3 is 25.4 Å². The van der Waals surface area contributed by atoms with Crippen LogP contribution in [0.15, 0.2) is 60.7 Å². The van der Waals surface area contributed by atoms with Crippen LogP contribution in [-0.4, -0.2) is 41.8 Å². The zero-order valence-electron chi connectivity index (χ0n) is 17.8. The van der Waals surface area contributed by atoms with Crippen LogP contribution in [0.25, 0.3) is 0 Å². The van der Waals surface area contributed by atoms with Crippen LogP contribution in [0.4, 0.5) is 4.79 Å². The van der Waals surface area contributed by atoms with Gasteiger partial charge in [0.15, 0.2) is 6.04 Å². The summed E-state index contributed by atoms with van der Waals surface area (Å²) < 4.78 is 11.0. The average molecular weight is 425 g/mol. The smallest absolute Gasteiger partial charge is 0.408 e. The second-order valence-electron chi connectivity index (χ2n) is 8.23. The molecule has 1 aliphatic rings. The van der Waals surface area contributed by atoms with E-state index in [0.717, 1.165) is 5.56 Å². The fourth-order valence-corrected chi connectivity index (χ4v) is 3.00. The molecule has 0 radical (unpaired) electrons. The Bertz CT molecular complexity index is 912. The van der Waals surface area contributed by atoms with Crippen molar-refractivity contribution in [3.8, 4) is 5.75 Å². The summed E-state index contributed by atoms with van der Waals surface area (Å²) in [5, 5.41) is 7.91. The number of amides is 3. The molecule has 1 fully saturated rings. The molecular weight excluding hydrogens is 398 g/mol. The average Bonchev–Trinajstić information content (AvgIpc) is 2.71. The number of rotatable bonds is 7. The highest BCUT2D eigenvalue weighted by atomic mass is 16.6. The molecular formula is C23H27N3O5. The van der Waals surface area contributed by atoms with Crippen molar-refractivity contribution >= 4 is 17.9 Å². The van der Waals surface area contributed by atoms with E-state index in [1.54, 1.807) is 32.9 Å². The lowest BCUT2D eigenvalue weighted by atomic mass is 10.0.